The molecule has 0 fully saturated rings. The van der Waals surface area contributed by atoms with Crippen LogP contribution in [0.5, 0.6) is 0 Å². The fourth-order valence-electron chi connectivity index (χ4n) is 2.04. The molecule has 1 atom stereocenters. The minimum absolute atomic E-state index is 0.0547. The summed E-state index contributed by atoms with van der Waals surface area (Å²) in [6.07, 6.45) is -1.12. The van der Waals surface area contributed by atoms with Gasteiger partial charge in [-0.2, -0.15) is 0 Å². The van der Waals surface area contributed by atoms with Gasteiger partial charge in [0.15, 0.2) is 0 Å². The molecule has 0 radical (unpaired) electrons. The predicted octanol–water partition coefficient (Wildman–Crippen LogP) is 1.12. The highest BCUT2D eigenvalue weighted by Crippen LogP contribution is 2.16. The third-order valence-electron chi connectivity index (χ3n) is 3.12. The van der Waals surface area contributed by atoms with E-state index in [-0.39, 0.29) is 12.5 Å². The Morgan fingerprint density at radius 2 is 1.95 bits per heavy atom. The Kier molecular flexibility index (Phi) is 4.14. The molecule has 0 aromatic heterocycles. The third-order valence-corrected chi connectivity index (χ3v) is 3.12. The number of hydrogen-bond donors (Lipinski definition) is 2. The molecule has 4 nitrogen and oxygen atoms in total. The standard InChI is InChI=1S/C15H18N2O2/c1-17(15(19)14(18)9-16)10-11-6-7-12-4-2-3-5-13(12)8-11/h2-8,14,18H,9-10,16H2,1H3. The Labute approximate surface area is 112 Å². The fourth-order valence-corrected chi connectivity index (χ4v) is 2.04. The van der Waals surface area contributed by atoms with Gasteiger partial charge in [0.2, 0.25) is 0 Å². The molecule has 0 aliphatic rings. The fraction of sp³-hybridized carbons (Fsp3) is 0.267. The Morgan fingerprint density at radius 1 is 1.26 bits per heavy atom. The first kappa shape index (κ1) is 13.5. The van der Waals surface area contributed by atoms with E-state index in [1.807, 2.05) is 42.5 Å². The number of nitrogens with zero attached hydrogens (tertiary/aromatic N) is 1. The lowest BCUT2D eigenvalue weighted by Gasteiger charge is -2.20. The zero-order chi connectivity index (χ0) is 13.8. The lowest BCUT2D eigenvalue weighted by atomic mass is 10.1. The second-order valence-electron chi connectivity index (χ2n) is 4.63. The third kappa shape index (κ3) is 3.10. The monoisotopic (exact) mass is 258 g/mol. The second kappa shape index (κ2) is 5.82. The van der Waals surface area contributed by atoms with E-state index in [1.54, 1.807) is 7.05 Å². The number of benzene rings is 2. The number of rotatable bonds is 4. The minimum Gasteiger partial charge on any atom is -0.382 e. The van der Waals surface area contributed by atoms with Crippen molar-refractivity contribution in [3.8, 4) is 0 Å². The van der Waals surface area contributed by atoms with Gasteiger partial charge in [-0.15, -0.1) is 0 Å². The number of aliphatic hydroxyl groups excluding tert-OH is 1. The Morgan fingerprint density at radius 3 is 2.63 bits per heavy atom. The van der Waals surface area contributed by atoms with Crippen LogP contribution >= 0.6 is 0 Å². The zero-order valence-electron chi connectivity index (χ0n) is 10.9. The average Bonchev–Trinajstić information content (AvgIpc) is 2.45. The van der Waals surface area contributed by atoms with Crippen molar-refractivity contribution in [2.75, 3.05) is 13.6 Å². The number of amides is 1. The summed E-state index contributed by atoms with van der Waals surface area (Å²) < 4.78 is 0. The van der Waals surface area contributed by atoms with Crippen LogP contribution in [0.3, 0.4) is 0 Å². The first-order valence-electron chi connectivity index (χ1n) is 6.22. The summed E-state index contributed by atoms with van der Waals surface area (Å²) in [5.41, 5.74) is 6.31. The molecule has 0 heterocycles. The van der Waals surface area contributed by atoms with E-state index >= 15 is 0 Å². The van der Waals surface area contributed by atoms with Crippen molar-refractivity contribution in [1.29, 1.82) is 0 Å². The van der Waals surface area contributed by atoms with E-state index in [0.29, 0.717) is 6.54 Å². The normalized spacial score (nSPS) is 12.4. The first-order chi connectivity index (χ1) is 9.11. The maximum atomic E-state index is 11.7. The number of hydrogen-bond acceptors (Lipinski definition) is 3. The summed E-state index contributed by atoms with van der Waals surface area (Å²) in [6, 6.07) is 14.1. The van der Waals surface area contributed by atoms with Crippen molar-refractivity contribution in [3.05, 3.63) is 48.0 Å². The van der Waals surface area contributed by atoms with Crippen molar-refractivity contribution in [1.82, 2.24) is 4.90 Å². The molecule has 0 saturated carbocycles. The number of aliphatic hydroxyl groups is 1. The van der Waals surface area contributed by atoms with Crippen LogP contribution in [0.4, 0.5) is 0 Å². The molecule has 1 amide bonds. The molecule has 0 bridgehead atoms. The summed E-state index contributed by atoms with van der Waals surface area (Å²) in [7, 11) is 1.66. The molecule has 2 rings (SSSR count). The van der Waals surface area contributed by atoms with Crippen LogP contribution in [-0.4, -0.2) is 35.6 Å². The van der Waals surface area contributed by atoms with E-state index in [2.05, 4.69) is 0 Å². The highest BCUT2D eigenvalue weighted by Gasteiger charge is 2.17. The van der Waals surface area contributed by atoms with E-state index in [0.717, 1.165) is 10.9 Å². The summed E-state index contributed by atoms with van der Waals surface area (Å²) in [5.74, 6) is -0.351. The molecule has 0 aliphatic heterocycles. The molecule has 0 aliphatic carbocycles. The van der Waals surface area contributed by atoms with Crippen molar-refractivity contribution in [3.63, 3.8) is 0 Å². The Bertz CT molecular complexity index is 583. The van der Waals surface area contributed by atoms with Crippen molar-refractivity contribution in [2.45, 2.75) is 12.6 Å². The second-order valence-corrected chi connectivity index (χ2v) is 4.63. The van der Waals surface area contributed by atoms with Crippen molar-refractivity contribution >= 4 is 16.7 Å². The van der Waals surface area contributed by atoms with Gasteiger partial charge >= 0.3 is 0 Å². The molecule has 0 saturated heterocycles. The quantitative estimate of drug-likeness (QED) is 0.863. The van der Waals surface area contributed by atoms with Crippen LogP contribution < -0.4 is 5.73 Å². The van der Waals surface area contributed by atoms with Crippen molar-refractivity contribution < 1.29 is 9.90 Å². The van der Waals surface area contributed by atoms with Crippen LogP contribution in [0, 0.1) is 0 Å². The number of nitrogens with two attached hydrogens (primary N) is 1. The minimum atomic E-state index is -1.12. The van der Waals surface area contributed by atoms with Gasteiger partial charge in [0.1, 0.15) is 6.10 Å². The molecular formula is C15H18N2O2. The largest absolute Gasteiger partial charge is 0.382 e. The van der Waals surface area contributed by atoms with E-state index < -0.39 is 6.10 Å². The van der Waals surface area contributed by atoms with Crippen LogP contribution in [0.2, 0.25) is 0 Å². The van der Waals surface area contributed by atoms with Gasteiger partial charge in [0.05, 0.1) is 0 Å². The van der Waals surface area contributed by atoms with Crippen LogP contribution in [0.15, 0.2) is 42.5 Å². The number of carbonyl (C=O) groups excluding carboxylic acids is 1. The van der Waals surface area contributed by atoms with E-state index in [4.69, 9.17) is 5.73 Å². The maximum absolute atomic E-state index is 11.7. The van der Waals surface area contributed by atoms with Crippen molar-refractivity contribution in [2.24, 2.45) is 5.73 Å². The van der Waals surface area contributed by atoms with Gasteiger partial charge in [-0.05, 0) is 22.4 Å². The predicted molar refractivity (Wildman–Crippen MR) is 75.5 cm³/mol. The lowest BCUT2D eigenvalue weighted by Crippen LogP contribution is -2.40. The Hall–Kier alpha value is -1.91. The molecule has 4 heteroatoms. The smallest absolute Gasteiger partial charge is 0.252 e. The SMILES string of the molecule is CN(Cc1ccc2ccccc2c1)C(=O)C(O)CN. The van der Waals surface area contributed by atoms with Crippen LogP contribution in [0.1, 0.15) is 5.56 Å². The summed E-state index contributed by atoms with van der Waals surface area (Å²) in [4.78, 5) is 13.2. The molecule has 19 heavy (non-hydrogen) atoms. The highest BCUT2D eigenvalue weighted by molar-refractivity contribution is 5.83. The summed E-state index contributed by atoms with van der Waals surface area (Å²) in [6.45, 7) is 0.404. The summed E-state index contributed by atoms with van der Waals surface area (Å²) in [5, 5.41) is 11.7. The lowest BCUT2D eigenvalue weighted by molar-refractivity contribution is -0.138. The molecule has 0 spiro atoms. The van der Waals surface area contributed by atoms with Gasteiger partial charge < -0.3 is 15.7 Å². The van der Waals surface area contributed by atoms with Gasteiger partial charge in [-0.3, -0.25) is 4.79 Å². The average molecular weight is 258 g/mol. The molecule has 1 unspecified atom stereocenters. The van der Waals surface area contributed by atoms with Crippen LogP contribution in [0.25, 0.3) is 10.8 Å². The topological polar surface area (TPSA) is 66.6 Å². The first-order valence-corrected chi connectivity index (χ1v) is 6.22. The number of likely N-dealkylation sites (N-methyl/N-ethyl adjacent to an activating group) is 1. The number of fused-ring (bicyclic) bond motifs is 1. The van der Waals surface area contributed by atoms with E-state index in [1.165, 1.54) is 10.3 Å². The van der Waals surface area contributed by atoms with E-state index in [9.17, 15) is 9.90 Å². The molecule has 2 aromatic carbocycles. The Balaban J connectivity index is 2.15. The summed E-state index contributed by atoms with van der Waals surface area (Å²) >= 11 is 0. The van der Waals surface area contributed by atoms with Gasteiger partial charge in [-0.1, -0.05) is 36.4 Å². The molecule has 100 valence electrons. The van der Waals surface area contributed by atoms with Gasteiger partial charge in [-0.25, -0.2) is 0 Å². The maximum Gasteiger partial charge on any atom is 0.252 e. The van der Waals surface area contributed by atoms with Gasteiger partial charge in [0, 0.05) is 20.1 Å². The molecular weight excluding hydrogens is 240 g/mol. The number of carbonyl (C=O) groups is 1. The zero-order valence-corrected chi connectivity index (χ0v) is 10.9. The molecule has 2 aromatic rings. The van der Waals surface area contributed by atoms with Gasteiger partial charge in [0.25, 0.3) is 5.91 Å². The van der Waals surface area contributed by atoms with Crippen LogP contribution in [-0.2, 0) is 11.3 Å². The molecule has 3 N–H and O–H groups in total. The highest BCUT2D eigenvalue weighted by atomic mass is 16.3.